The molecular formula is C18H20N2O3S. The molecule has 2 aromatic rings. The van der Waals surface area contributed by atoms with E-state index in [4.69, 9.17) is 4.98 Å². The molecular weight excluding hydrogens is 324 g/mol. The molecule has 1 unspecified atom stereocenters. The molecule has 1 aliphatic heterocycles. The molecule has 1 atom stereocenters. The third-order valence-corrected chi connectivity index (χ3v) is 6.56. The molecule has 2 aliphatic rings. The van der Waals surface area contributed by atoms with Crippen LogP contribution in [0, 0.1) is 5.41 Å². The van der Waals surface area contributed by atoms with Crippen LogP contribution in [0.3, 0.4) is 0 Å². The van der Waals surface area contributed by atoms with Gasteiger partial charge in [-0.25, -0.2) is 4.98 Å². The summed E-state index contributed by atoms with van der Waals surface area (Å²) in [5, 5.41) is 10.4. The van der Waals surface area contributed by atoms with E-state index in [-0.39, 0.29) is 18.4 Å². The number of aromatic nitrogens is 1. The number of carboxylic acids is 1. The van der Waals surface area contributed by atoms with Gasteiger partial charge in [0.1, 0.15) is 5.01 Å². The zero-order valence-electron chi connectivity index (χ0n) is 13.4. The largest absolute Gasteiger partial charge is 0.481 e. The fraction of sp³-hybridized carbons (Fsp3) is 0.500. The van der Waals surface area contributed by atoms with Crippen molar-refractivity contribution in [2.75, 3.05) is 6.54 Å². The Morgan fingerprint density at radius 2 is 2.08 bits per heavy atom. The van der Waals surface area contributed by atoms with Crippen molar-refractivity contribution in [3.05, 3.63) is 29.3 Å². The second-order valence-corrected chi connectivity index (χ2v) is 7.94. The number of nitrogens with zero attached hydrogens (tertiary/aromatic N) is 2. The van der Waals surface area contributed by atoms with Gasteiger partial charge in [0, 0.05) is 13.0 Å². The molecule has 6 heteroatoms. The Hall–Kier alpha value is -1.95. The monoisotopic (exact) mass is 344 g/mol. The number of hydrogen-bond donors (Lipinski definition) is 1. The van der Waals surface area contributed by atoms with Gasteiger partial charge in [0.15, 0.2) is 0 Å². The molecule has 1 aromatic heterocycles. The number of carboxylic acid groups (broad SMARTS) is 1. The third-order valence-electron chi connectivity index (χ3n) is 5.42. The summed E-state index contributed by atoms with van der Waals surface area (Å²) in [5.41, 5.74) is 0.149. The van der Waals surface area contributed by atoms with E-state index in [1.807, 2.05) is 29.2 Å². The number of para-hydroxylation sites is 1. The number of thiazole rings is 1. The van der Waals surface area contributed by atoms with Crippen molar-refractivity contribution in [3.8, 4) is 0 Å². The van der Waals surface area contributed by atoms with Crippen molar-refractivity contribution in [1.29, 1.82) is 0 Å². The zero-order chi connectivity index (χ0) is 16.7. The van der Waals surface area contributed by atoms with Crippen molar-refractivity contribution in [1.82, 2.24) is 9.88 Å². The number of carbonyl (C=O) groups excluding carboxylic acids is 1. The molecule has 24 heavy (non-hydrogen) atoms. The van der Waals surface area contributed by atoms with E-state index in [1.165, 1.54) is 0 Å². The van der Waals surface area contributed by atoms with Crippen molar-refractivity contribution in [3.63, 3.8) is 0 Å². The number of benzene rings is 1. The lowest BCUT2D eigenvalue weighted by molar-refractivity contribution is -0.159. The molecule has 1 amide bonds. The molecule has 1 aliphatic carbocycles. The van der Waals surface area contributed by atoms with Crippen LogP contribution in [0.1, 0.15) is 49.6 Å². The number of likely N-dealkylation sites (tertiary alicyclic amines) is 1. The first kappa shape index (κ1) is 15.6. The Labute approximate surface area is 144 Å². The van der Waals surface area contributed by atoms with Crippen LogP contribution in [0.5, 0.6) is 0 Å². The van der Waals surface area contributed by atoms with Gasteiger partial charge in [0.05, 0.1) is 21.7 Å². The van der Waals surface area contributed by atoms with Crippen molar-refractivity contribution in [2.24, 2.45) is 5.41 Å². The Morgan fingerprint density at radius 1 is 1.29 bits per heavy atom. The number of rotatable bonds is 4. The maximum atomic E-state index is 12.8. The standard InChI is InChI=1S/C18H20N2O3S/c21-15(11-18(17(22)23)8-4-9-18)20-10-3-6-13(20)16-19-12-5-1-2-7-14(12)24-16/h1-2,5,7,13H,3-4,6,8-11H2,(H,22,23). The summed E-state index contributed by atoms with van der Waals surface area (Å²) in [6.45, 7) is 0.703. The van der Waals surface area contributed by atoms with E-state index in [0.29, 0.717) is 19.4 Å². The molecule has 0 bridgehead atoms. The van der Waals surface area contributed by atoms with Gasteiger partial charge >= 0.3 is 5.97 Å². The quantitative estimate of drug-likeness (QED) is 0.920. The summed E-state index contributed by atoms with van der Waals surface area (Å²) >= 11 is 1.64. The first-order chi connectivity index (χ1) is 11.6. The number of fused-ring (bicyclic) bond motifs is 1. The minimum atomic E-state index is -0.822. The molecule has 1 saturated heterocycles. The Bertz CT molecular complexity index is 763. The second-order valence-electron chi connectivity index (χ2n) is 6.88. The highest BCUT2D eigenvalue weighted by Gasteiger charge is 2.47. The van der Waals surface area contributed by atoms with E-state index in [9.17, 15) is 14.7 Å². The van der Waals surface area contributed by atoms with E-state index >= 15 is 0 Å². The lowest BCUT2D eigenvalue weighted by atomic mass is 9.66. The molecule has 1 saturated carbocycles. The van der Waals surface area contributed by atoms with Crippen LogP contribution in [0.15, 0.2) is 24.3 Å². The van der Waals surface area contributed by atoms with Crippen molar-refractivity contribution in [2.45, 2.75) is 44.6 Å². The number of aliphatic carboxylic acids is 1. The smallest absolute Gasteiger partial charge is 0.310 e. The zero-order valence-corrected chi connectivity index (χ0v) is 14.2. The molecule has 4 rings (SSSR count). The van der Waals surface area contributed by atoms with Gasteiger partial charge in [-0.2, -0.15) is 0 Å². The Kier molecular flexibility index (Phi) is 3.79. The fourth-order valence-electron chi connectivity index (χ4n) is 3.82. The number of hydrogen-bond acceptors (Lipinski definition) is 4. The first-order valence-corrected chi connectivity index (χ1v) is 9.29. The van der Waals surface area contributed by atoms with Gasteiger partial charge in [-0.3, -0.25) is 9.59 Å². The maximum Gasteiger partial charge on any atom is 0.310 e. The van der Waals surface area contributed by atoms with E-state index in [1.54, 1.807) is 11.3 Å². The van der Waals surface area contributed by atoms with Crippen LogP contribution in [-0.4, -0.2) is 33.4 Å². The molecule has 5 nitrogen and oxygen atoms in total. The van der Waals surface area contributed by atoms with Gasteiger partial charge < -0.3 is 10.0 Å². The maximum absolute atomic E-state index is 12.8. The minimum absolute atomic E-state index is 0.000761. The van der Waals surface area contributed by atoms with Gasteiger partial charge in [0.25, 0.3) is 0 Å². The van der Waals surface area contributed by atoms with Crippen LogP contribution in [-0.2, 0) is 9.59 Å². The summed E-state index contributed by atoms with van der Waals surface area (Å²) in [5.74, 6) is -0.850. The first-order valence-electron chi connectivity index (χ1n) is 8.47. The van der Waals surface area contributed by atoms with Crippen LogP contribution in [0.4, 0.5) is 0 Å². The van der Waals surface area contributed by atoms with Gasteiger partial charge in [0.2, 0.25) is 5.91 Å². The van der Waals surface area contributed by atoms with Crippen LogP contribution < -0.4 is 0 Å². The average Bonchev–Trinajstić information content (AvgIpc) is 3.15. The molecule has 0 spiro atoms. The highest BCUT2D eigenvalue weighted by molar-refractivity contribution is 7.18. The van der Waals surface area contributed by atoms with Crippen LogP contribution in [0.2, 0.25) is 0 Å². The summed E-state index contributed by atoms with van der Waals surface area (Å²) in [6, 6.07) is 8.00. The predicted molar refractivity (Wildman–Crippen MR) is 91.8 cm³/mol. The fourth-order valence-corrected chi connectivity index (χ4v) is 4.93. The minimum Gasteiger partial charge on any atom is -0.481 e. The third kappa shape index (κ3) is 2.49. The van der Waals surface area contributed by atoms with Crippen LogP contribution >= 0.6 is 11.3 Å². The molecule has 1 aromatic carbocycles. The van der Waals surface area contributed by atoms with Gasteiger partial charge in [-0.1, -0.05) is 18.6 Å². The Morgan fingerprint density at radius 3 is 2.75 bits per heavy atom. The Balaban J connectivity index is 1.56. The molecule has 126 valence electrons. The molecule has 2 fully saturated rings. The summed E-state index contributed by atoms with van der Waals surface area (Å²) in [4.78, 5) is 30.9. The summed E-state index contributed by atoms with van der Waals surface area (Å²) < 4.78 is 1.13. The van der Waals surface area contributed by atoms with Gasteiger partial charge in [-0.05, 0) is 37.8 Å². The van der Waals surface area contributed by atoms with Crippen LogP contribution in [0.25, 0.3) is 10.2 Å². The van der Waals surface area contributed by atoms with E-state index in [2.05, 4.69) is 0 Å². The molecule has 0 radical (unpaired) electrons. The SMILES string of the molecule is O=C(CC1(C(=O)O)CCC1)N1CCCC1c1nc2ccccc2s1. The highest BCUT2D eigenvalue weighted by Crippen LogP contribution is 2.46. The second kappa shape index (κ2) is 5.84. The number of carbonyl (C=O) groups is 2. The van der Waals surface area contributed by atoms with Crippen molar-refractivity contribution >= 4 is 33.4 Å². The number of amides is 1. The lowest BCUT2D eigenvalue weighted by Gasteiger charge is -2.38. The lowest BCUT2D eigenvalue weighted by Crippen LogP contribution is -2.43. The highest BCUT2D eigenvalue weighted by atomic mass is 32.1. The van der Waals surface area contributed by atoms with Crippen molar-refractivity contribution < 1.29 is 14.7 Å². The summed E-state index contributed by atoms with van der Waals surface area (Å²) in [6.07, 6.45) is 4.13. The predicted octanol–water partition coefficient (Wildman–Crippen LogP) is 3.60. The van der Waals surface area contributed by atoms with Gasteiger partial charge in [-0.15, -0.1) is 11.3 Å². The summed E-state index contributed by atoms with van der Waals surface area (Å²) in [7, 11) is 0. The molecule has 1 N–H and O–H groups in total. The molecule has 2 heterocycles. The normalized spacial score (nSPS) is 22.5. The van der Waals surface area contributed by atoms with E-state index < -0.39 is 11.4 Å². The van der Waals surface area contributed by atoms with E-state index in [0.717, 1.165) is 34.5 Å². The average molecular weight is 344 g/mol. The topological polar surface area (TPSA) is 70.5 Å².